The van der Waals surface area contributed by atoms with Gasteiger partial charge in [0, 0.05) is 12.7 Å². The summed E-state index contributed by atoms with van der Waals surface area (Å²) in [5.41, 5.74) is 0.984. The summed E-state index contributed by atoms with van der Waals surface area (Å²) >= 11 is 5.96. The molecule has 0 bridgehead atoms. The smallest absolute Gasteiger partial charge is 0.321 e. The average molecular weight is 333 g/mol. The predicted octanol–water partition coefficient (Wildman–Crippen LogP) is 0.928. The van der Waals surface area contributed by atoms with Gasteiger partial charge < -0.3 is 10.4 Å². The lowest BCUT2D eigenvalue weighted by molar-refractivity contribution is -0.140. The van der Waals surface area contributed by atoms with Crippen molar-refractivity contribution in [1.82, 2.24) is 4.31 Å². The second-order valence-corrected chi connectivity index (χ2v) is 7.07. The first-order valence-electron chi connectivity index (χ1n) is 5.97. The second kappa shape index (κ2) is 5.28. The molecule has 21 heavy (non-hydrogen) atoms. The Kier molecular flexibility index (Phi) is 3.96. The third-order valence-electron chi connectivity index (χ3n) is 3.34. The first kappa shape index (κ1) is 15.7. The van der Waals surface area contributed by atoms with Crippen molar-refractivity contribution in [2.45, 2.75) is 24.3 Å². The van der Waals surface area contributed by atoms with E-state index in [1.807, 2.05) is 0 Å². The van der Waals surface area contributed by atoms with Crippen LogP contribution >= 0.6 is 11.6 Å². The van der Waals surface area contributed by atoms with Gasteiger partial charge in [0.2, 0.25) is 15.9 Å². The van der Waals surface area contributed by atoms with E-state index in [-0.39, 0.29) is 22.2 Å². The number of hydrogen-bond acceptors (Lipinski definition) is 4. The molecule has 1 aliphatic heterocycles. The summed E-state index contributed by atoms with van der Waals surface area (Å²) in [7, 11) is -2.90. The van der Waals surface area contributed by atoms with Crippen molar-refractivity contribution in [3.63, 3.8) is 0 Å². The molecule has 1 heterocycles. The highest BCUT2D eigenvalue weighted by Gasteiger charge is 2.32. The van der Waals surface area contributed by atoms with Gasteiger partial charge in [0.05, 0.1) is 11.4 Å². The van der Waals surface area contributed by atoms with Crippen molar-refractivity contribution >= 4 is 39.2 Å². The molecule has 0 aromatic heterocycles. The van der Waals surface area contributed by atoms with E-state index < -0.39 is 22.0 Å². The molecule has 0 saturated heterocycles. The van der Waals surface area contributed by atoms with E-state index in [1.165, 1.54) is 26.1 Å². The Morgan fingerprint density at radius 3 is 2.67 bits per heavy atom. The van der Waals surface area contributed by atoms with Crippen LogP contribution in [-0.4, -0.2) is 42.8 Å². The lowest BCUT2D eigenvalue weighted by atomic mass is 10.2. The van der Waals surface area contributed by atoms with Gasteiger partial charge in [0.1, 0.15) is 10.9 Å². The van der Waals surface area contributed by atoms with Crippen molar-refractivity contribution in [3.8, 4) is 0 Å². The molecule has 0 fully saturated rings. The monoisotopic (exact) mass is 332 g/mol. The molecule has 114 valence electrons. The molecule has 1 atom stereocenters. The number of carboxylic acid groups (broad SMARTS) is 1. The number of benzene rings is 1. The minimum atomic E-state index is -4.07. The van der Waals surface area contributed by atoms with E-state index >= 15 is 0 Å². The predicted molar refractivity (Wildman–Crippen MR) is 75.8 cm³/mol. The quantitative estimate of drug-likeness (QED) is 0.853. The molecule has 2 rings (SSSR count). The Morgan fingerprint density at radius 2 is 2.10 bits per heavy atom. The molecule has 0 aliphatic carbocycles. The fourth-order valence-electron chi connectivity index (χ4n) is 1.94. The zero-order valence-electron chi connectivity index (χ0n) is 11.3. The molecule has 1 aromatic carbocycles. The lowest BCUT2D eigenvalue weighted by Gasteiger charge is -2.22. The number of nitrogens with zero attached hydrogens (tertiary/aromatic N) is 1. The molecular weight excluding hydrogens is 320 g/mol. The van der Waals surface area contributed by atoms with Crippen LogP contribution in [0.2, 0.25) is 5.02 Å². The molecular formula is C12H13ClN2O5S. The molecule has 1 unspecified atom stereocenters. The third-order valence-corrected chi connectivity index (χ3v) is 5.74. The van der Waals surface area contributed by atoms with Gasteiger partial charge in [-0.15, -0.1) is 0 Å². The Morgan fingerprint density at radius 1 is 1.48 bits per heavy atom. The maximum Gasteiger partial charge on any atom is 0.321 e. The number of likely N-dealkylation sites (N-methyl/N-ethyl adjacent to an activating group) is 1. The molecule has 1 amide bonds. The van der Waals surface area contributed by atoms with Crippen LogP contribution in [-0.2, 0) is 26.0 Å². The summed E-state index contributed by atoms with van der Waals surface area (Å²) < 4.78 is 25.6. The number of amides is 1. The molecule has 0 saturated carbocycles. The van der Waals surface area contributed by atoms with Gasteiger partial charge >= 0.3 is 5.97 Å². The van der Waals surface area contributed by atoms with E-state index in [1.54, 1.807) is 0 Å². The number of aliphatic carboxylic acids is 1. The molecule has 0 radical (unpaired) electrons. The van der Waals surface area contributed by atoms with Gasteiger partial charge in [0.25, 0.3) is 0 Å². The number of nitrogens with one attached hydrogen (secondary N) is 1. The molecule has 9 heteroatoms. The molecule has 0 spiro atoms. The van der Waals surface area contributed by atoms with Gasteiger partial charge in [-0.1, -0.05) is 11.6 Å². The van der Waals surface area contributed by atoms with Crippen LogP contribution in [0, 0.1) is 0 Å². The molecule has 7 nitrogen and oxygen atoms in total. The van der Waals surface area contributed by atoms with Crippen LogP contribution in [0.5, 0.6) is 0 Å². The Bertz CT molecular complexity index is 731. The van der Waals surface area contributed by atoms with Crippen LogP contribution < -0.4 is 5.32 Å². The van der Waals surface area contributed by atoms with Crippen LogP contribution in [0.3, 0.4) is 0 Å². The number of fused-ring (bicyclic) bond motifs is 1. The van der Waals surface area contributed by atoms with E-state index in [4.69, 9.17) is 16.7 Å². The van der Waals surface area contributed by atoms with Crippen molar-refractivity contribution in [2.75, 3.05) is 12.4 Å². The van der Waals surface area contributed by atoms with Crippen molar-refractivity contribution in [3.05, 3.63) is 22.7 Å². The number of carbonyl (C=O) groups is 2. The Hall–Kier alpha value is -1.64. The standard InChI is InChI=1S/C12H13ClN2O5S/c1-6(12(17)18)15(2)21(19,20)10-3-7-4-11(16)14-9(7)5-8(10)13/h3,5-6H,4H2,1-2H3,(H,14,16)(H,17,18). The van der Waals surface area contributed by atoms with Crippen molar-refractivity contribution in [2.24, 2.45) is 0 Å². The largest absolute Gasteiger partial charge is 0.480 e. The van der Waals surface area contributed by atoms with E-state index in [0.717, 1.165) is 4.31 Å². The highest BCUT2D eigenvalue weighted by Crippen LogP contribution is 2.33. The zero-order valence-corrected chi connectivity index (χ0v) is 12.8. The topological polar surface area (TPSA) is 104 Å². The first-order valence-corrected chi connectivity index (χ1v) is 7.79. The second-order valence-electron chi connectivity index (χ2n) is 4.70. The van der Waals surface area contributed by atoms with Crippen molar-refractivity contribution in [1.29, 1.82) is 0 Å². The number of carbonyl (C=O) groups excluding carboxylic acids is 1. The number of anilines is 1. The third kappa shape index (κ3) is 2.74. The van der Waals surface area contributed by atoms with Crippen LogP contribution in [0.25, 0.3) is 0 Å². The number of halogens is 1. The SMILES string of the molecule is CC(C(=O)O)N(C)S(=O)(=O)c1cc2c(cc1Cl)NC(=O)C2. The summed E-state index contributed by atoms with van der Waals surface area (Å²) in [6.07, 6.45) is 0.0627. The Balaban J connectivity index is 2.49. The lowest BCUT2D eigenvalue weighted by Crippen LogP contribution is -2.40. The molecule has 1 aliphatic rings. The van der Waals surface area contributed by atoms with Gasteiger partial charge in [-0.25, -0.2) is 8.42 Å². The summed E-state index contributed by atoms with van der Waals surface area (Å²) in [5.74, 6) is -1.52. The average Bonchev–Trinajstić information content (AvgIpc) is 2.74. The summed E-state index contributed by atoms with van der Waals surface area (Å²) in [5, 5.41) is 11.4. The van der Waals surface area contributed by atoms with Gasteiger partial charge in [-0.05, 0) is 24.6 Å². The van der Waals surface area contributed by atoms with E-state index in [9.17, 15) is 18.0 Å². The van der Waals surface area contributed by atoms with Crippen LogP contribution in [0.4, 0.5) is 5.69 Å². The number of hydrogen-bond donors (Lipinski definition) is 2. The van der Waals surface area contributed by atoms with Gasteiger partial charge in [0.15, 0.2) is 0 Å². The fraction of sp³-hybridized carbons (Fsp3) is 0.333. The zero-order chi connectivity index (χ0) is 15.9. The summed E-state index contributed by atoms with van der Waals surface area (Å²) in [4.78, 5) is 22.0. The maximum absolute atomic E-state index is 12.5. The molecule has 2 N–H and O–H groups in total. The molecule has 1 aromatic rings. The van der Waals surface area contributed by atoms with Crippen LogP contribution in [0.1, 0.15) is 12.5 Å². The van der Waals surface area contributed by atoms with Gasteiger partial charge in [-0.2, -0.15) is 4.31 Å². The summed E-state index contributed by atoms with van der Waals surface area (Å²) in [6.45, 7) is 1.26. The normalized spacial score (nSPS) is 15.7. The summed E-state index contributed by atoms with van der Waals surface area (Å²) in [6, 6.07) is 1.42. The first-order chi connectivity index (χ1) is 9.64. The minimum Gasteiger partial charge on any atom is -0.480 e. The highest BCUT2D eigenvalue weighted by molar-refractivity contribution is 7.89. The van der Waals surface area contributed by atoms with Crippen LogP contribution in [0.15, 0.2) is 17.0 Å². The highest BCUT2D eigenvalue weighted by atomic mass is 35.5. The fourth-order valence-corrected chi connectivity index (χ4v) is 3.81. The van der Waals surface area contributed by atoms with Gasteiger partial charge in [-0.3, -0.25) is 9.59 Å². The number of sulfonamides is 1. The van der Waals surface area contributed by atoms with E-state index in [2.05, 4.69) is 5.32 Å². The number of carboxylic acids is 1. The minimum absolute atomic E-state index is 0.0627. The van der Waals surface area contributed by atoms with Crippen molar-refractivity contribution < 1.29 is 23.1 Å². The Labute approximate surface area is 126 Å². The van der Waals surface area contributed by atoms with E-state index in [0.29, 0.717) is 11.3 Å². The maximum atomic E-state index is 12.5. The number of rotatable bonds is 4.